The van der Waals surface area contributed by atoms with Crippen molar-refractivity contribution >= 4 is 16.9 Å². The molecule has 1 aliphatic heterocycles. The molecule has 2 heterocycles. The second-order valence-corrected chi connectivity index (χ2v) is 9.38. The number of rotatable bonds is 6. The molecule has 7 nitrogen and oxygen atoms in total. The molecular weight excluding hydrogens is 463 g/mol. The molecule has 0 amide bonds. The molecule has 1 N–H and O–H groups in total. The Morgan fingerprint density at radius 1 is 1.22 bits per heavy atom. The molecule has 1 aliphatic carbocycles. The Morgan fingerprint density at radius 3 is 2.89 bits per heavy atom. The van der Waals surface area contributed by atoms with Gasteiger partial charge in [0, 0.05) is 46.7 Å². The van der Waals surface area contributed by atoms with E-state index in [1.807, 2.05) is 43.0 Å². The minimum Gasteiger partial charge on any atom is -0.492 e. The van der Waals surface area contributed by atoms with Crippen LogP contribution in [0.3, 0.4) is 0 Å². The molecule has 8 heteroatoms. The van der Waals surface area contributed by atoms with Gasteiger partial charge in [0.2, 0.25) is 0 Å². The van der Waals surface area contributed by atoms with Crippen molar-refractivity contribution in [2.45, 2.75) is 38.2 Å². The van der Waals surface area contributed by atoms with E-state index in [0.717, 1.165) is 27.6 Å². The summed E-state index contributed by atoms with van der Waals surface area (Å²) in [6, 6.07) is 12.4. The zero-order valence-corrected chi connectivity index (χ0v) is 20.0. The van der Waals surface area contributed by atoms with Gasteiger partial charge in [-0.25, -0.2) is 4.39 Å². The van der Waals surface area contributed by atoms with Gasteiger partial charge in [-0.3, -0.25) is 9.48 Å². The van der Waals surface area contributed by atoms with Gasteiger partial charge in [-0.05, 0) is 50.1 Å². The molecule has 1 aromatic heterocycles. The number of fused-ring (bicyclic) bond motifs is 3. The summed E-state index contributed by atoms with van der Waals surface area (Å²) in [6.07, 6.45) is 2.63. The van der Waals surface area contributed by atoms with Crippen LogP contribution in [0.1, 0.15) is 47.1 Å². The maximum Gasteiger partial charge on any atom is 0.304 e. The monoisotopic (exact) mass is 488 g/mol. The minimum atomic E-state index is -0.858. The number of carboxylic acids is 1. The largest absolute Gasteiger partial charge is 0.492 e. The van der Waals surface area contributed by atoms with E-state index < -0.39 is 12.1 Å². The van der Waals surface area contributed by atoms with Crippen LogP contribution in [0.4, 0.5) is 4.39 Å². The molecule has 0 saturated carbocycles. The lowest BCUT2D eigenvalue weighted by molar-refractivity contribution is -0.137. The van der Waals surface area contributed by atoms with E-state index in [9.17, 15) is 4.79 Å². The summed E-state index contributed by atoms with van der Waals surface area (Å²) in [5, 5.41) is 14.4. The molecular formula is C28H25FN2O5. The van der Waals surface area contributed by atoms with E-state index in [2.05, 4.69) is 5.10 Å². The van der Waals surface area contributed by atoms with Gasteiger partial charge in [-0.15, -0.1) is 0 Å². The smallest absolute Gasteiger partial charge is 0.304 e. The SMILES string of the molecule is Cc1c(Oc2ccc(F)c3c2CCC3Oc2ccc3c(c2)OCC3CC(=O)O)ccc2c1cnn2C. The number of benzene rings is 3. The van der Waals surface area contributed by atoms with Crippen molar-refractivity contribution in [1.82, 2.24) is 9.78 Å². The van der Waals surface area contributed by atoms with Crippen molar-refractivity contribution in [1.29, 1.82) is 0 Å². The average Bonchev–Trinajstić information content (AvgIpc) is 3.55. The lowest BCUT2D eigenvalue weighted by atomic mass is 9.98. The average molecular weight is 489 g/mol. The number of aryl methyl sites for hydroxylation is 2. The molecule has 0 saturated heterocycles. The maximum absolute atomic E-state index is 15.0. The van der Waals surface area contributed by atoms with Gasteiger partial charge in [-0.1, -0.05) is 6.07 Å². The van der Waals surface area contributed by atoms with Crippen molar-refractivity contribution in [2.75, 3.05) is 6.61 Å². The molecule has 36 heavy (non-hydrogen) atoms. The van der Waals surface area contributed by atoms with Gasteiger partial charge >= 0.3 is 5.97 Å². The van der Waals surface area contributed by atoms with Crippen LogP contribution in [-0.4, -0.2) is 27.5 Å². The van der Waals surface area contributed by atoms with Crippen LogP contribution in [0, 0.1) is 12.7 Å². The summed E-state index contributed by atoms with van der Waals surface area (Å²) in [5.74, 6) is 1.16. The summed E-state index contributed by atoms with van der Waals surface area (Å²) >= 11 is 0. The van der Waals surface area contributed by atoms with Crippen LogP contribution in [0.2, 0.25) is 0 Å². The fourth-order valence-electron chi connectivity index (χ4n) is 5.30. The van der Waals surface area contributed by atoms with Crippen LogP contribution in [0.15, 0.2) is 48.7 Å². The number of ether oxygens (including phenoxy) is 3. The highest BCUT2D eigenvalue weighted by molar-refractivity contribution is 5.84. The molecule has 2 unspecified atom stereocenters. The first-order chi connectivity index (χ1) is 17.4. The fourth-order valence-corrected chi connectivity index (χ4v) is 5.30. The Bertz CT molecular complexity index is 1510. The van der Waals surface area contributed by atoms with Gasteiger partial charge in [0.25, 0.3) is 0 Å². The Hall–Kier alpha value is -4.07. The van der Waals surface area contributed by atoms with E-state index in [1.54, 1.807) is 18.2 Å². The highest BCUT2D eigenvalue weighted by atomic mass is 19.1. The van der Waals surface area contributed by atoms with Crippen molar-refractivity contribution in [3.63, 3.8) is 0 Å². The number of aromatic nitrogens is 2. The van der Waals surface area contributed by atoms with Crippen LogP contribution in [0.25, 0.3) is 10.9 Å². The molecule has 2 atom stereocenters. The lowest BCUT2D eigenvalue weighted by Gasteiger charge is -2.18. The summed E-state index contributed by atoms with van der Waals surface area (Å²) in [4.78, 5) is 11.1. The molecule has 3 aromatic carbocycles. The topological polar surface area (TPSA) is 82.8 Å². The normalized spacial score (nSPS) is 18.1. The van der Waals surface area contributed by atoms with Gasteiger partial charge in [-0.2, -0.15) is 5.10 Å². The highest BCUT2D eigenvalue weighted by Gasteiger charge is 2.32. The van der Waals surface area contributed by atoms with E-state index in [1.165, 1.54) is 6.07 Å². The van der Waals surface area contributed by atoms with Gasteiger partial charge in [0.1, 0.15) is 34.9 Å². The van der Waals surface area contributed by atoms with Crippen LogP contribution >= 0.6 is 0 Å². The number of aliphatic carboxylic acids is 1. The summed E-state index contributed by atoms with van der Waals surface area (Å²) in [7, 11) is 1.90. The van der Waals surface area contributed by atoms with Gasteiger partial charge < -0.3 is 19.3 Å². The quantitative estimate of drug-likeness (QED) is 0.368. The molecule has 4 aromatic rings. The third-order valence-corrected chi connectivity index (χ3v) is 7.17. The zero-order valence-electron chi connectivity index (χ0n) is 20.0. The molecule has 0 bridgehead atoms. The number of carboxylic acid groups (broad SMARTS) is 1. The maximum atomic E-state index is 15.0. The second-order valence-electron chi connectivity index (χ2n) is 9.38. The Kier molecular flexibility index (Phi) is 5.32. The zero-order chi connectivity index (χ0) is 25.0. The fraction of sp³-hybridized carbons (Fsp3) is 0.286. The molecule has 0 fully saturated rings. The lowest BCUT2D eigenvalue weighted by Crippen LogP contribution is -2.07. The predicted molar refractivity (Wildman–Crippen MR) is 131 cm³/mol. The number of carbonyl (C=O) groups is 1. The van der Waals surface area contributed by atoms with Crippen LogP contribution in [-0.2, 0) is 18.3 Å². The second kappa shape index (κ2) is 8.55. The number of halogens is 1. The van der Waals surface area contributed by atoms with Crippen molar-refractivity contribution in [3.8, 4) is 23.0 Å². The van der Waals surface area contributed by atoms with Gasteiger partial charge in [0.15, 0.2) is 0 Å². The third-order valence-electron chi connectivity index (χ3n) is 7.17. The number of nitrogens with zero attached hydrogens (tertiary/aromatic N) is 2. The van der Waals surface area contributed by atoms with Crippen molar-refractivity contribution in [3.05, 3.63) is 76.7 Å². The molecule has 2 aliphatic rings. The first kappa shape index (κ1) is 22.4. The Labute approximate surface area is 207 Å². The first-order valence-corrected chi connectivity index (χ1v) is 11.9. The minimum absolute atomic E-state index is 0.0182. The van der Waals surface area contributed by atoms with E-state index >= 15 is 4.39 Å². The number of hydrogen-bond donors (Lipinski definition) is 1. The number of hydrogen-bond acceptors (Lipinski definition) is 5. The molecule has 0 spiro atoms. The third kappa shape index (κ3) is 3.73. The first-order valence-electron chi connectivity index (χ1n) is 11.9. The highest BCUT2D eigenvalue weighted by Crippen LogP contribution is 2.45. The van der Waals surface area contributed by atoms with E-state index in [4.69, 9.17) is 19.3 Å². The predicted octanol–water partition coefficient (Wildman–Crippen LogP) is 5.83. The van der Waals surface area contributed by atoms with Crippen molar-refractivity contribution in [2.24, 2.45) is 7.05 Å². The van der Waals surface area contributed by atoms with E-state index in [-0.39, 0.29) is 18.2 Å². The van der Waals surface area contributed by atoms with Crippen LogP contribution in [0.5, 0.6) is 23.0 Å². The summed E-state index contributed by atoms with van der Waals surface area (Å²) in [5.41, 5.74) is 4.18. The Morgan fingerprint density at radius 2 is 2.06 bits per heavy atom. The van der Waals surface area contributed by atoms with Crippen molar-refractivity contribution < 1.29 is 28.5 Å². The molecule has 184 valence electrons. The van der Waals surface area contributed by atoms with Gasteiger partial charge in [0.05, 0.1) is 24.7 Å². The standard InChI is InChI=1S/C28H25FN2O5/c1-15-20-13-30-31(2)22(20)7-10-23(15)36-24-9-6-21(29)28-19(24)5-8-25(28)35-17-3-4-18-16(11-27(32)33)14-34-26(18)12-17/h3-4,6-7,9-10,12-13,16,25H,5,8,11,14H2,1-2H3,(H,32,33). The summed E-state index contributed by atoms with van der Waals surface area (Å²) in [6.45, 7) is 2.32. The van der Waals surface area contributed by atoms with E-state index in [0.29, 0.717) is 48.0 Å². The molecule has 0 radical (unpaired) electrons. The molecule has 6 rings (SSSR count). The Balaban J connectivity index is 1.26. The van der Waals surface area contributed by atoms with Crippen LogP contribution < -0.4 is 14.2 Å². The summed E-state index contributed by atoms with van der Waals surface area (Å²) < 4.78 is 35.0.